The Morgan fingerprint density at radius 3 is 2.58 bits per heavy atom. The lowest BCUT2D eigenvalue weighted by Gasteiger charge is -2.32. The normalized spacial score (nSPS) is 21.3. The third kappa shape index (κ3) is 4.45. The Balaban J connectivity index is 0.00000133. The van der Waals surface area contributed by atoms with Crippen LogP contribution < -0.4 is 5.32 Å². The first-order valence-electron chi connectivity index (χ1n) is 7.30. The maximum atomic E-state index is 3.75. The Hall–Kier alpha value is -0.0900. The van der Waals surface area contributed by atoms with Crippen LogP contribution in [0.4, 0.5) is 0 Å². The van der Waals surface area contributed by atoms with Gasteiger partial charge in [-0.2, -0.15) is 0 Å². The van der Waals surface area contributed by atoms with Gasteiger partial charge in [-0.3, -0.25) is 4.90 Å². The highest BCUT2D eigenvalue weighted by Gasteiger charge is 2.24. The van der Waals surface area contributed by atoms with Gasteiger partial charge in [0.25, 0.3) is 0 Å². The number of aryl methyl sites for hydroxylation is 1. The molecule has 0 amide bonds. The van der Waals surface area contributed by atoms with E-state index in [0.29, 0.717) is 0 Å². The third-order valence-corrected chi connectivity index (χ3v) is 5.32. The molecule has 1 saturated heterocycles. The van der Waals surface area contributed by atoms with E-state index in [2.05, 4.69) is 28.6 Å². The van der Waals surface area contributed by atoms with E-state index in [1.165, 1.54) is 57.4 Å². The fourth-order valence-corrected chi connectivity index (χ4v) is 3.67. The Labute approximate surface area is 127 Å². The quantitative estimate of drug-likeness (QED) is 0.896. The molecule has 0 unspecified atom stereocenters. The molecular formula is C15H25ClN2S. The molecule has 1 aliphatic carbocycles. The zero-order valence-electron chi connectivity index (χ0n) is 11.7. The highest BCUT2D eigenvalue weighted by atomic mass is 35.5. The Bertz CT molecular complexity index is 381. The van der Waals surface area contributed by atoms with Gasteiger partial charge in [-0.1, -0.05) is 0 Å². The average molecular weight is 301 g/mol. The second-order valence-electron chi connectivity index (χ2n) is 5.93. The van der Waals surface area contributed by atoms with Crippen LogP contribution in [-0.4, -0.2) is 30.6 Å². The average Bonchev–Trinajstić information content (AvgIpc) is 3.13. The van der Waals surface area contributed by atoms with Crippen molar-refractivity contribution in [2.24, 2.45) is 5.92 Å². The van der Waals surface area contributed by atoms with Crippen molar-refractivity contribution < 1.29 is 0 Å². The van der Waals surface area contributed by atoms with Crippen LogP contribution in [0.15, 0.2) is 11.4 Å². The van der Waals surface area contributed by atoms with Crippen LogP contribution in [0.3, 0.4) is 0 Å². The zero-order valence-corrected chi connectivity index (χ0v) is 13.4. The van der Waals surface area contributed by atoms with Gasteiger partial charge in [0.2, 0.25) is 0 Å². The van der Waals surface area contributed by atoms with Crippen molar-refractivity contribution in [3.8, 4) is 0 Å². The van der Waals surface area contributed by atoms with Gasteiger partial charge in [0.05, 0.1) is 0 Å². The van der Waals surface area contributed by atoms with Crippen molar-refractivity contribution in [3.05, 3.63) is 21.9 Å². The molecule has 1 N–H and O–H groups in total. The molecule has 0 spiro atoms. The van der Waals surface area contributed by atoms with Crippen LogP contribution in [0.5, 0.6) is 0 Å². The highest BCUT2D eigenvalue weighted by Crippen LogP contribution is 2.28. The maximum absolute atomic E-state index is 3.75. The lowest BCUT2D eigenvalue weighted by molar-refractivity contribution is 0.191. The smallest absolute Gasteiger partial charge is 0.0330 e. The monoisotopic (exact) mass is 300 g/mol. The predicted molar refractivity (Wildman–Crippen MR) is 85.3 cm³/mol. The molecule has 0 atom stereocenters. The summed E-state index contributed by atoms with van der Waals surface area (Å²) in [5.74, 6) is 1.01. The van der Waals surface area contributed by atoms with Gasteiger partial charge in [0, 0.05) is 17.5 Å². The fraction of sp³-hybridized carbons (Fsp3) is 0.733. The van der Waals surface area contributed by atoms with Gasteiger partial charge in [-0.25, -0.2) is 0 Å². The number of likely N-dealkylation sites (tertiary alicyclic amines) is 1. The van der Waals surface area contributed by atoms with Gasteiger partial charge in [0.1, 0.15) is 0 Å². The molecule has 1 aromatic rings. The van der Waals surface area contributed by atoms with E-state index in [4.69, 9.17) is 0 Å². The molecule has 2 aliphatic rings. The highest BCUT2D eigenvalue weighted by molar-refractivity contribution is 7.10. The first-order chi connectivity index (χ1) is 8.81. The summed E-state index contributed by atoms with van der Waals surface area (Å²) >= 11 is 1.91. The number of hydrogen-bond donors (Lipinski definition) is 1. The minimum absolute atomic E-state index is 0. The fourth-order valence-electron chi connectivity index (χ4n) is 2.72. The third-order valence-electron chi connectivity index (χ3n) is 4.32. The molecule has 19 heavy (non-hydrogen) atoms. The van der Waals surface area contributed by atoms with E-state index in [0.717, 1.165) is 12.0 Å². The van der Waals surface area contributed by atoms with Crippen molar-refractivity contribution in [1.82, 2.24) is 10.2 Å². The number of hydrogen-bond acceptors (Lipinski definition) is 3. The molecule has 1 saturated carbocycles. The Kier molecular flexibility index (Phi) is 5.70. The predicted octanol–water partition coefficient (Wildman–Crippen LogP) is 3.44. The first kappa shape index (κ1) is 15.3. The van der Waals surface area contributed by atoms with E-state index in [1.807, 2.05) is 11.3 Å². The molecule has 2 heterocycles. The summed E-state index contributed by atoms with van der Waals surface area (Å²) in [6.45, 7) is 7.20. The van der Waals surface area contributed by atoms with Crippen molar-refractivity contribution >= 4 is 23.7 Å². The van der Waals surface area contributed by atoms with Crippen LogP contribution in [0.2, 0.25) is 0 Å². The summed E-state index contributed by atoms with van der Waals surface area (Å²) in [6.07, 6.45) is 5.58. The number of halogens is 1. The standard InChI is InChI=1S/C15H24N2S.ClH/c1-12-6-9-18-15(12)11-17-7-4-14(5-8-17)16-10-13-2-3-13;/h6,9,13-14,16H,2-5,7-8,10-11H2,1H3;1H. The summed E-state index contributed by atoms with van der Waals surface area (Å²) in [5, 5.41) is 5.97. The van der Waals surface area contributed by atoms with E-state index >= 15 is 0 Å². The molecule has 4 heteroatoms. The SMILES string of the molecule is Cc1ccsc1CN1CCC(NCC2CC2)CC1.Cl. The van der Waals surface area contributed by atoms with Crippen molar-refractivity contribution in [3.63, 3.8) is 0 Å². The van der Waals surface area contributed by atoms with Crippen LogP contribution in [-0.2, 0) is 6.54 Å². The van der Waals surface area contributed by atoms with E-state index in [1.54, 1.807) is 4.88 Å². The Morgan fingerprint density at radius 1 is 1.26 bits per heavy atom. The molecule has 1 aliphatic heterocycles. The summed E-state index contributed by atoms with van der Waals surface area (Å²) in [7, 11) is 0. The van der Waals surface area contributed by atoms with Crippen LogP contribution >= 0.6 is 23.7 Å². The number of nitrogens with one attached hydrogen (secondary N) is 1. The second-order valence-corrected chi connectivity index (χ2v) is 6.93. The van der Waals surface area contributed by atoms with Crippen LogP contribution in [0.25, 0.3) is 0 Å². The van der Waals surface area contributed by atoms with E-state index in [-0.39, 0.29) is 12.4 Å². The number of nitrogens with zero attached hydrogens (tertiary/aromatic N) is 1. The zero-order chi connectivity index (χ0) is 12.4. The summed E-state index contributed by atoms with van der Waals surface area (Å²) in [6, 6.07) is 3.02. The van der Waals surface area contributed by atoms with Crippen LogP contribution in [0, 0.1) is 12.8 Å². The lowest BCUT2D eigenvalue weighted by atomic mass is 10.0. The molecular weight excluding hydrogens is 276 g/mol. The number of rotatable bonds is 5. The van der Waals surface area contributed by atoms with E-state index in [9.17, 15) is 0 Å². The van der Waals surface area contributed by atoms with Crippen molar-refractivity contribution in [2.75, 3.05) is 19.6 Å². The first-order valence-corrected chi connectivity index (χ1v) is 8.18. The molecule has 3 rings (SSSR count). The van der Waals surface area contributed by atoms with Gasteiger partial charge in [-0.15, -0.1) is 23.7 Å². The minimum Gasteiger partial charge on any atom is -0.314 e. The van der Waals surface area contributed by atoms with Gasteiger partial charge in [0.15, 0.2) is 0 Å². The van der Waals surface area contributed by atoms with Gasteiger partial charge >= 0.3 is 0 Å². The van der Waals surface area contributed by atoms with E-state index < -0.39 is 0 Å². The second kappa shape index (κ2) is 7.07. The topological polar surface area (TPSA) is 15.3 Å². The molecule has 0 bridgehead atoms. The Morgan fingerprint density at radius 2 is 2.00 bits per heavy atom. The summed E-state index contributed by atoms with van der Waals surface area (Å²) < 4.78 is 0. The maximum Gasteiger partial charge on any atom is 0.0330 e. The van der Waals surface area contributed by atoms with Crippen molar-refractivity contribution in [2.45, 2.75) is 45.2 Å². The minimum atomic E-state index is 0. The number of piperidine rings is 1. The molecule has 0 radical (unpaired) electrons. The van der Waals surface area contributed by atoms with Gasteiger partial charge < -0.3 is 5.32 Å². The summed E-state index contributed by atoms with van der Waals surface area (Å²) in [5.41, 5.74) is 1.47. The van der Waals surface area contributed by atoms with Crippen molar-refractivity contribution in [1.29, 1.82) is 0 Å². The largest absolute Gasteiger partial charge is 0.314 e. The lowest BCUT2D eigenvalue weighted by Crippen LogP contribution is -2.42. The molecule has 0 aromatic carbocycles. The molecule has 1 aromatic heterocycles. The van der Waals surface area contributed by atoms with Gasteiger partial charge in [-0.05, 0) is 75.2 Å². The molecule has 2 nitrogen and oxygen atoms in total. The molecule has 108 valence electrons. The number of thiophene rings is 1. The summed E-state index contributed by atoms with van der Waals surface area (Å²) in [4.78, 5) is 4.17. The molecule has 2 fully saturated rings. The van der Waals surface area contributed by atoms with Crippen LogP contribution in [0.1, 0.15) is 36.1 Å².